The number of hydrogen-bond donors (Lipinski definition) is 1. The normalized spacial score (nSPS) is 15.8. The summed E-state index contributed by atoms with van der Waals surface area (Å²) in [6.07, 6.45) is 41.0. The standard InChI is InChI=1S/C36H76B.C18H27F4N/c1-9-17-21-33(13-5)25-29-37(30-26-34(14-6)22-18-10-2,31-27-35(15-7)23-19-11-3)32-28-36(16-8)24-20-12-4;1-4-6-7-8-10-23(12-13(3)9-5-2)15-11-14(19)16(20)18(22)17(15)21/h33-36H,9-32H2,1-8H3;11,13H,4-10,12H2,1-3H3/q-1;/p+1. The van der Waals surface area contributed by atoms with Gasteiger partial charge in [0.25, 0.3) is 0 Å². The third-order valence-electron chi connectivity index (χ3n) is 15.1. The van der Waals surface area contributed by atoms with E-state index in [2.05, 4.69) is 69.2 Å². The minimum atomic E-state index is -1.74. The molecule has 6 heteroatoms. The van der Waals surface area contributed by atoms with Gasteiger partial charge in [0.1, 0.15) is 0 Å². The van der Waals surface area contributed by atoms with Crippen LogP contribution in [0.1, 0.15) is 243 Å². The maximum Gasteiger partial charge on any atom is 0.222 e. The van der Waals surface area contributed by atoms with Gasteiger partial charge in [0.05, 0.1) is 13.1 Å². The largest absolute Gasteiger partial charge is 0.300 e. The van der Waals surface area contributed by atoms with E-state index in [0.29, 0.717) is 23.9 Å². The Morgan fingerprint density at radius 2 is 0.817 bits per heavy atom. The molecule has 0 heterocycles. The Morgan fingerprint density at radius 1 is 0.433 bits per heavy atom. The van der Waals surface area contributed by atoms with Crippen LogP contribution in [0.5, 0.6) is 0 Å². The van der Waals surface area contributed by atoms with Gasteiger partial charge in [0.15, 0.2) is 17.3 Å². The zero-order chi connectivity index (χ0) is 45.2. The van der Waals surface area contributed by atoms with E-state index < -0.39 is 23.3 Å². The van der Waals surface area contributed by atoms with Crippen LogP contribution in [0.3, 0.4) is 0 Å². The predicted octanol–water partition coefficient (Wildman–Crippen LogP) is 18.6. The Labute approximate surface area is 373 Å². The topological polar surface area (TPSA) is 4.44 Å². The number of hydrogen-bond acceptors (Lipinski definition) is 0. The Kier molecular flexibility index (Phi) is 36.7. The van der Waals surface area contributed by atoms with Gasteiger partial charge in [0.2, 0.25) is 11.6 Å². The summed E-state index contributed by atoms with van der Waals surface area (Å²) < 4.78 is 54.3. The van der Waals surface area contributed by atoms with Gasteiger partial charge in [-0.05, 0) is 42.9 Å². The minimum Gasteiger partial charge on any atom is -0.300 e. The second-order valence-corrected chi connectivity index (χ2v) is 20.1. The van der Waals surface area contributed by atoms with Gasteiger partial charge >= 0.3 is 0 Å². The molecule has 0 radical (unpaired) electrons. The summed E-state index contributed by atoms with van der Waals surface area (Å²) in [5, 5.41) is 0. The molecule has 1 rings (SSSR count). The van der Waals surface area contributed by atoms with Crippen molar-refractivity contribution in [3.63, 3.8) is 0 Å². The van der Waals surface area contributed by atoms with Crippen molar-refractivity contribution in [2.24, 2.45) is 29.6 Å². The summed E-state index contributed by atoms with van der Waals surface area (Å²) in [5.74, 6) is -1.82. The summed E-state index contributed by atoms with van der Waals surface area (Å²) in [6, 6.07) is 0.807. The molecule has 0 fully saturated rings. The van der Waals surface area contributed by atoms with Crippen LogP contribution in [0.15, 0.2) is 6.07 Å². The fourth-order valence-electron chi connectivity index (χ4n) is 10.4. The smallest absolute Gasteiger partial charge is 0.222 e. The van der Waals surface area contributed by atoms with Crippen molar-refractivity contribution < 1.29 is 22.5 Å². The lowest BCUT2D eigenvalue weighted by atomic mass is 9.16. The summed E-state index contributed by atoms with van der Waals surface area (Å²) in [6.45, 7) is 26.8. The summed E-state index contributed by atoms with van der Waals surface area (Å²) >= 11 is 0. The Morgan fingerprint density at radius 3 is 1.15 bits per heavy atom. The van der Waals surface area contributed by atoms with Crippen molar-refractivity contribution in [3.8, 4) is 0 Å². The molecule has 0 aliphatic heterocycles. The van der Waals surface area contributed by atoms with Crippen molar-refractivity contribution in [3.05, 3.63) is 29.3 Å². The van der Waals surface area contributed by atoms with Crippen molar-refractivity contribution >= 4 is 11.8 Å². The van der Waals surface area contributed by atoms with E-state index in [1.807, 2.05) is 6.92 Å². The molecule has 0 aliphatic carbocycles. The number of benzene rings is 1. The monoisotopic (exact) mass is 854 g/mol. The van der Waals surface area contributed by atoms with Crippen LogP contribution in [0.4, 0.5) is 23.2 Å². The van der Waals surface area contributed by atoms with E-state index >= 15 is 0 Å². The van der Waals surface area contributed by atoms with Crippen molar-refractivity contribution in [1.82, 2.24) is 0 Å². The van der Waals surface area contributed by atoms with Crippen LogP contribution in [-0.2, 0) is 0 Å². The van der Waals surface area contributed by atoms with Gasteiger partial charge in [-0.25, -0.2) is 13.2 Å². The SMILES string of the molecule is CCCCC(CC)CC[B-](CCC(CC)CCCC)(CCC(CC)CCCC)CCC(CC)CCCC.CCCCCC[NH+](CC(C)CCC)c1cc(F)c(F)c(F)c1F. The molecular formula is C54H104BF4N. The zero-order valence-corrected chi connectivity index (χ0v) is 42.2. The molecule has 0 spiro atoms. The fourth-order valence-corrected chi connectivity index (χ4v) is 10.4. The Bertz CT molecular complexity index is 1040. The van der Waals surface area contributed by atoms with Gasteiger partial charge < -0.3 is 0 Å². The first-order chi connectivity index (χ1) is 28.9. The number of nitrogens with one attached hydrogen (secondary N) is 1. The first-order valence-corrected chi connectivity index (χ1v) is 26.8. The van der Waals surface area contributed by atoms with Gasteiger partial charge in [-0.1, -0.05) is 224 Å². The van der Waals surface area contributed by atoms with Crippen LogP contribution in [0.25, 0.3) is 0 Å². The van der Waals surface area contributed by atoms with Gasteiger partial charge in [-0.3, -0.25) is 4.90 Å². The highest BCUT2D eigenvalue weighted by Gasteiger charge is 2.29. The highest BCUT2D eigenvalue weighted by atomic mass is 19.2. The van der Waals surface area contributed by atoms with Crippen LogP contribution >= 0.6 is 0 Å². The molecular weight excluding hydrogens is 749 g/mol. The summed E-state index contributed by atoms with van der Waals surface area (Å²) in [4.78, 5) is 0.692. The van der Waals surface area contributed by atoms with Crippen molar-refractivity contribution in [2.75, 3.05) is 13.1 Å². The Balaban J connectivity index is 0.00000129. The lowest BCUT2D eigenvalue weighted by Crippen LogP contribution is -3.08. The van der Waals surface area contributed by atoms with Crippen LogP contribution in [-0.4, -0.2) is 19.2 Å². The van der Waals surface area contributed by atoms with Crippen LogP contribution in [0.2, 0.25) is 25.3 Å². The van der Waals surface area contributed by atoms with Gasteiger partial charge in [-0.15, -0.1) is 0 Å². The minimum absolute atomic E-state index is 0.0964. The van der Waals surface area contributed by atoms with E-state index in [-0.39, 0.29) is 11.8 Å². The average Bonchev–Trinajstić information content (AvgIpc) is 3.25. The molecule has 6 atom stereocenters. The second kappa shape index (κ2) is 37.4. The molecule has 1 N–H and O–H groups in total. The molecule has 60 heavy (non-hydrogen) atoms. The van der Waals surface area contributed by atoms with E-state index in [4.69, 9.17) is 0 Å². The highest BCUT2D eigenvalue weighted by molar-refractivity contribution is 6.79. The fraction of sp³-hybridized carbons (Fsp3) is 0.889. The predicted molar refractivity (Wildman–Crippen MR) is 262 cm³/mol. The number of unbranched alkanes of at least 4 members (excludes halogenated alkanes) is 7. The third-order valence-corrected chi connectivity index (χ3v) is 15.1. The van der Waals surface area contributed by atoms with E-state index in [9.17, 15) is 17.6 Å². The van der Waals surface area contributed by atoms with Gasteiger partial charge in [-0.2, -0.15) is 29.7 Å². The maximum atomic E-state index is 14.1. The molecule has 0 aliphatic rings. The molecule has 6 unspecified atom stereocenters. The Hall–Kier alpha value is -1.04. The highest BCUT2D eigenvalue weighted by Crippen LogP contribution is 2.40. The number of quaternary nitrogens is 1. The molecule has 0 aromatic heterocycles. The molecule has 0 saturated heterocycles. The molecule has 0 saturated carbocycles. The summed E-state index contributed by atoms with van der Waals surface area (Å²) in [7, 11) is 0. The molecule has 1 aromatic rings. The van der Waals surface area contributed by atoms with E-state index in [0.717, 1.165) is 68.3 Å². The first kappa shape index (κ1) is 59.0. The quantitative estimate of drug-likeness (QED) is 0.0222. The maximum absolute atomic E-state index is 14.1. The number of rotatable bonds is 38. The van der Waals surface area contributed by atoms with Crippen LogP contribution in [0, 0.1) is 52.9 Å². The number of halogens is 4. The van der Waals surface area contributed by atoms with E-state index in [1.165, 1.54) is 128 Å². The lowest BCUT2D eigenvalue weighted by Gasteiger charge is -2.44. The first-order valence-electron chi connectivity index (χ1n) is 26.8. The van der Waals surface area contributed by atoms with Gasteiger partial charge in [0, 0.05) is 18.1 Å². The second-order valence-electron chi connectivity index (χ2n) is 20.1. The van der Waals surface area contributed by atoms with E-state index in [1.54, 1.807) is 25.3 Å². The molecule has 0 bridgehead atoms. The zero-order valence-electron chi connectivity index (χ0n) is 42.2. The van der Waals surface area contributed by atoms with Crippen LogP contribution < -0.4 is 4.90 Å². The third kappa shape index (κ3) is 25.3. The van der Waals surface area contributed by atoms with Crippen molar-refractivity contribution in [2.45, 2.75) is 268 Å². The molecule has 0 amide bonds. The average molecular weight is 854 g/mol. The van der Waals surface area contributed by atoms with Crippen molar-refractivity contribution in [1.29, 1.82) is 0 Å². The lowest BCUT2D eigenvalue weighted by molar-refractivity contribution is -0.838. The molecule has 1 aromatic carbocycles. The molecule has 356 valence electrons. The molecule has 1 nitrogen and oxygen atoms in total. The summed E-state index contributed by atoms with van der Waals surface area (Å²) in [5.41, 5.74) is -0.0964.